The molecule has 5 N–H and O–H groups in total. The topological polar surface area (TPSA) is 127 Å². The number of ether oxygens (including phenoxy) is 1. The Morgan fingerprint density at radius 3 is 1.92 bits per heavy atom. The standard InChI is InChI=1S/C49H58N6O3S/c1-6-8-18-33-59(49(40-23-12-9-13-24-40,41-25-14-10-15-26-41)42-27-16-11-17-28-42)53-46(52-54-50)39-22-19-21-38(34-39)37-31-29-36(30-32-37)35-55-43(20-7-2)51-45(48(3,4)57)44(55)47(56)58-5/h9-17,19,21-32,34,46,52,54,57H,6-8,18,20,33,35,50H2,1-5H3. The molecule has 0 aliphatic rings. The number of hydrazine groups is 2. The average Bonchev–Trinajstić information content (AvgIpc) is 3.63. The van der Waals surface area contributed by atoms with Crippen LogP contribution in [-0.2, 0) is 38.7 Å². The number of aromatic nitrogens is 2. The highest BCUT2D eigenvalue weighted by Crippen LogP contribution is 2.45. The first kappa shape index (κ1) is 43.4. The number of imidazole rings is 1. The number of aliphatic hydroxyl groups is 1. The van der Waals surface area contributed by atoms with E-state index in [0.717, 1.165) is 59.5 Å². The monoisotopic (exact) mass is 810 g/mol. The van der Waals surface area contributed by atoms with Crippen molar-refractivity contribution in [2.24, 2.45) is 10.2 Å². The van der Waals surface area contributed by atoms with Crippen molar-refractivity contribution < 1.29 is 14.6 Å². The van der Waals surface area contributed by atoms with E-state index in [1.165, 1.54) is 23.8 Å². The number of nitrogens with zero attached hydrogens (tertiary/aromatic N) is 3. The summed E-state index contributed by atoms with van der Waals surface area (Å²) in [6.07, 6.45) is 4.27. The van der Waals surface area contributed by atoms with Gasteiger partial charge in [-0.15, -0.1) is 0 Å². The second kappa shape index (κ2) is 20.2. The van der Waals surface area contributed by atoms with Crippen LogP contribution in [0.4, 0.5) is 0 Å². The van der Waals surface area contributed by atoms with Crippen LogP contribution in [0.15, 0.2) is 144 Å². The molecule has 1 aromatic heterocycles. The molecule has 0 amide bonds. The number of hydrogen-bond acceptors (Lipinski definition) is 8. The van der Waals surface area contributed by atoms with Crippen molar-refractivity contribution >= 4 is 16.7 Å². The summed E-state index contributed by atoms with van der Waals surface area (Å²) in [5.74, 6) is 7.17. The molecule has 0 aliphatic carbocycles. The van der Waals surface area contributed by atoms with Crippen LogP contribution in [0.1, 0.15) is 109 Å². The molecule has 2 unspecified atom stereocenters. The number of carbonyl (C=O) groups is 1. The lowest BCUT2D eigenvalue weighted by molar-refractivity contribution is 0.0532. The second-order valence-corrected chi connectivity index (χ2v) is 17.2. The Morgan fingerprint density at radius 1 is 0.814 bits per heavy atom. The van der Waals surface area contributed by atoms with E-state index in [1.54, 1.807) is 13.8 Å². The Kier molecular flexibility index (Phi) is 14.8. The van der Waals surface area contributed by atoms with Crippen molar-refractivity contribution in [3.05, 3.63) is 185 Å². The molecule has 0 radical (unpaired) electrons. The van der Waals surface area contributed by atoms with E-state index < -0.39 is 33.2 Å². The van der Waals surface area contributed by atoms with Gasteiger partial charge in [0.2, 0.25) is 0 Å². The van der Waals surface area contributed by atoms with Gasteiger partial charge in [0.1, 0.15) is 28.0 Å². The largest absolute Gasteiger partial charge is 0.464 e. The number of nitrogens with one attached hydrogen (secondary N) is 2. The van der Waals surface area contributed by atoms with Crippen molar-refractivity contribution in [1.29, 1.82) is 0 Å². The Hall–Kier alpha value is -5.23. The van der Waals surface area contributed by atoms with Gasteiger partial charge in [0.25, 0.3) is 0 Å². The molecular formula is C49H58N6O3S. The highest BCUT2D eigenvalue weighted by atomic mass is 32.2. The Labute approximate surface area is 352 Å². The Morgan fingerprint density at radius 2 is 1.41 bits per heavy atom. The number of esters is 1. The van der Waals surface area contributed by atoms with E-state index in [0.29, 0.717) is 18.7 Å². The third-order valence-electron chi connectivity index (χ3n) is 10.6. The summed E-state index contributed by atoms with van der Waals surface area (Å²) in [4.78, 5) is 17.8. The van der Waals surface area contributed by atoms with E-state index in [4.69, 9.17) is 19.9 Å². The van der Waals surface area contributed by atoms with Crippen LogP contribution < -0.4 is 16.8 Å². The fourth-order valence-electron chi connectivity index (χ4n) is 7.76. The van der Waals surface area contributed by atoms with Crippen LogP contribution in [0.25, 0.3) is 11.1 Å². The molecule has 308 valence electrons. The van der Waals surface area contributed by atoms with Gasteiger partial charge in [0, 0.05) is 18.7 Å². The minimum atomic E-state index is -1.31. The van der Waals surface area contributed by atoms with Gasteiger partial charge < -0.3 is 14.4 Å². The molecular weight excluding hydrogens is 753 g/mol. The minimum absolute atomic E-state index is 0.278. The summed E-state index contributed by atoms with van der Waals surface area (Å²) in [6, 6.07) is 49.2. The number of rotatable bonds is 19. The number of unbranched alkanes of at least 4 members (excludes halogenated alkanes) is 2. The molecule has 0 bridgehead atoms. The molecule has 0 saturated heterocycles. The molecule has 0 saturated carbocycles. The highest BCUT2D eigenvalue weighted by Gasteiger charge is 2.41. The predicted octanol–water partition coefficient (Wildman–Crippen LogP) is 9.52. The number of aryl methyl sites for hydroxylation is 1. The summed E-state index contributed by atoms with van der Waals surface area (Å²) in [6.45, 7) is 7.99. The first-order valence-electron chi connectivity index (χ1n) is 20.5. The third-order valence-corrected chi connectivity index (χ3v) is 13.2. The second-order valence-electron chi connectivity index (χ2n) is 15.3. The molecule has 0 fully saturated rings. The van der Waals surface area contributed by atoms with E-state index in [9.17, 15) is 9.90 Å². The molecule has 5 aromatic carbocycles. The molecule has 0 spiro atoms. The van der Waals surface area contributed by atoms with Gasteiger partial charge in [0.05, 0.1) is 7.11 Å². The summed E-state index contributed by atoms with van der Waals surface area (Å²) in [5, 5.41) is 10.9. The average molecular weight is 811 g/mol. The molecule has 2 atom stereocenters. The van der Waals surface area contributed by atoms with Crippen LogP contribution in [0, 0.1) is 0 Å². The number of methoxy groups -OCH3 is 1. The van der Waals surface area contributed by atoms with Gasteiger partial charge in [-0.2, -0.15) is 5.53 Å². The zero-order chi connectivity index (χ0) is 41.8. The van der Waals surface area contributed by atoms with Crippen molar-refractivity contribution in [3.8, 4) is 11.1 Å². The highest BCUT2D eigenvalue weighted by molar-refractivity contribution is 7.88. The third kappa shape index (κ3) is 9.81. The fourth-order valence-corrected chi connectivity index (χ4v) is 10.5. The summed E-state index contributed by atoms with van der Waals surface area (Å²) >= 11 is 0. The van der Waals surface area contributed by atoms with Gasteiger partial charge in [-0.1, -0.05) is 171 Å². The Balaban J connectivity index is 1.42. The molecule has 9 nitrogen and oxygen atoms in total. The summed E-state index contributed by atoms with van der Waals surface area (Å²) in [7, 11) is 0.770. The number of nitrogens with two attached hydrogens (primary N) is 1. The summed E-state index contributed by atoms with van der Waals surface area (Å²) in [5.41, 5.74) is 13.0. The number of hydrogen-bond donors (Lipinski definition) is 4. The van der Waals surface area contributed by atoms with Crippen LogP contribution in [0.3, 0.4) is 0 Å². The van der Waals surface area contributed by atoms with Crippen LogP contribution in [-0.4, -0.2) is 33.5 Å². The van der Waals surface area contributed by atoms with Crippen LogP contribution in [0.5, 0.6) is 0 Å². The lowest BCUT2D eigenvalue weighted by atomic mass is 9.84. The lowest BCUT2D eigenvalue weighted by Gasteiger charge is -2.39. The fraction of sp³-hybridized carbons (Fsp3) is 0.306. The number of carbonyl (C=O) groups excluding carboxylic acids is 1. The van der Waals surface area contributed by atoms with Gasteiger partial charge in [-0.3, -0.25) is 5.84 Å². The maximum absolute atomic E-state index is 13.1. The van der Waals surface area contributed by atoms with Crippen LogP contribution >= 0.6 is 0 Å². The van der Waals surface area contributed by atoms with Crippen molar-refractivity contribution in [2.45, 2.75) is 82.9 Å². The SMILES string of the molecule is CCCCC/S(=N\C(NNN)c1cccc(-c2ccc(Cn3c(CCC)nc(C(C)(C)O)c3C(=O)OC)cc2)c1)C(c1ccccc1)(c1ccccc1)c1ccccc1. The zero-order valence-electron chi connectivity index (χ0n) is 34.9. The first-order valence-corrected chi connectivity index (χ1v) is 21.9. The molecule has 10 heteroatoms. The van der Waals surface area contributed by atoms with Gasteiger partial charge in [-0.05, 0) is 71.7 Å². The van der Waals surface area contributed by atoms with Crippen molar-refractivity contribution in [1.82, 2.24) is 20.5 Å². The van der Waals surface area contributed by atoms with Gasteiger partial charge in [0.15, 0.2) is 5.69 Å². The van der Waals surface area contributed by atoms with Gasteiger partial charge in [-0.25, -0.2) is 19.6 Å². The van der Waals surface area contributed by atoms with E-state index in [2.05, 4.69) is 164 Å². The lowest BCUT2D eigenvalue weighted by Crippen LogP contribution is -2.41. The zero-order valence-corrected chi connectivity index (χ0v) is 35.7. The Bertz CT molecular complexity index is 2190. The van der Waals surface area contributed by atoms with E-state index >= 15 is 0 Å². The summed E-state index contributed by atoms with van der Waals surface area (Å²) < 4.78 is 12.3. The number of benzene rings is 5. The normalized spacial score (nSPS) is 13.0. The maximum atomic E-state index is 13.1. The molecule has 6 rings (SSSR count). The smallest absolute Gasteiger partial charge is 0.356 e. The molecule has 0 aliphatic heterocycles. The quantitative estimate of drug-likeness (QED) is 0.0211. The van der Waals surface area contributed by atoms with Crippen LogP contribution in [0.2, 0.25) is 0 Å². The maximum Gasteiger partial charge on any atom is 0.356 e. The van der Waals surface area contributed by atoms with E-state index in [1.807, 2.05) is 4.57 Å². The van der Waals surface area contributed by atoms with Gasteiger partial charge >= 0.3 is 5.97 Å². The minimum Gasteiger partial charge on any atom is -0.464 e. The van der Waals surface area contributed by atoms with Crippen molar-refractivity contribution in [3.63, 3.8) is 0 Å². The molecule has 1 heterocycles. The van der Waals surface area contributed by atoms with Crippen molar-refractivity contribution in [2.75, 3.05) is 12.9 Å². The first-order chi connectivity index (χ1) is 28.6. The predicted molar refractivity (Wildman–Crippen MR) is 240 cm³/mol. The molecule has 59 heavy (non-hydrogen) atoms. The van der Waals surface area contributed by atoms with E-state index in [-0.39, 0.29) is 5.69 Å². The molecule has 6 aromatic rings.